The van der Waals surface area contributed by atoms with Crippen LogP contribution in [0.1, 0.15) is 20.3 Å². The first-order valence-electron chi connectivity index (χ1n) is 5.67. The Hall–Kier alpha value is -1.49. The molecule has 0 bridgehead atoms. The molecule has 1 aliphatic heterocycles. The molecule has 0 aliphatic carbocycles. The zero-order valence-electron chi connectivity index (χ0n) is 10.6. The maximum absolute atomic E-state index is 11.3. The molecule has 1 N–H and O–H groups in total. The highest BCUT2D eigenvalue weighted by molar-refractivity contribution is 5.89. The third-order valence-electron chi connectivity index (χ3n) is 2.49. The monoisotopic (exact) mass is 237 g/mol. The number of ether oxygens (including phenoxy) is 1. The molecule has 17 heavy (non-hydrogen) atoms. The lowest BCUT2D eigenvalue weighted by atomic mass is 10.1. The van der Waals surface area contributed by atoms with Gasteiger partial charge in [-0.25, -0.2) is 4.99 Å². The van der Waals surface area contributed by atoms with E-state index in [9.17, 15) is 4.79 Å². The van der Waals surface area contributed by atoms with Crippen LogP contribution in [0.4, 0.5) is 0 Å². The van der Waals surface area contributed by atoms with Crippen LogP contribution in [0.5, 0.6) is 0 Å². The van der Waals surface area contributed by atoms with Crippen molar-refractivity contribution >= 4 is 17.9 Å². The van der Waals surface area contributed by atoms with Crippen molar-refractivity contribution in [3.63, 3.8) is 0 Å². The van der Waals surface area contributed by atoms with Crippen molar-refractivity contribution in [2.75, 3.05) is 20.2 Å². The summed E-state index contributed by atoms with van der Waals surface area (Å²) in [5.74, 6) is 0.725. The van der Waals surface area contributed by atoms with Crippen LogP contribution < -0.4 is 5.32 Å². The Balaban J connectivity index is 2.70. The van der Waals surface area contributed by atoms with E-state index in [1.165, 1.54) is 0 Å². The SMILES string of the molecule is CCC(=O)CNC1(C)/C=C/C(OC)=N\C/C=N\1. The van der Waals surface area contributed by atoms with Gasteiger partial charge in [-0.05, 0) is 19.1 Å². The first kappa shape index (κ1) is 13.6. The van der Waals surface area contributed by atoms with E-state index in [2.05, 4.69) is 15.3 Å². The standard InChI is InChI=1S/C12H19N3O2/c1-4-10(16)9-15-12(2)6-5-11(17-3)13-7-8-14-12/h5-6,8,15H,4,7,9H2,1-3H3/b6-5+,13-11+,14-8-. The molecule has 0 radical (unpaired) electrons. The second-order valence-electron chi connectivity index (χ2n) is 3.92. The van der Waals surface area contributed by atoms with Crippen LogP contribution in [-0.2, 0) is 9.53 Å². The number of carbonyl (C=O) groups is 1. The van der Waals surface area contributed by atoms with Gasteiger partial charge in [-0.1, -0.05) is 6.92 Å². The number of carbonyl (C=O) groups excluding carboxylic acids is 1. The smallest absolute Gasteiger partial charge is 0.208 e. The van der Waals surface area contributed by atoms with E-state index in [1.54, 1.807) is 19.4 Å². The topological polar surface area (TPSA) is 63.0 Å². The number of rotatable bonds is 4. The fourth-order valence-electron chi connectivity index (χ4n) is 1.33. The van der Waals surface area contributed by atoms with Gasteiger partial charge in [0.25, 0.3) is 0 Å². The molecular formula is C12H19N3O2. The molecule has 0 saturated heterocycles. The van der Waals surface area contributed by atoms with Crippen LogP contribution in [0.25, 0.3) is 0 Å². The van der Waals surface area contributed by atoms with Gasteiger partial charge in [0.2, 0.25) is 5.90 Å². The molecule has 0 fully saturated rings. The lowest BCUT2D eigenvalue weighted by Gasteiger charge is -2.23. The highest BCUT2D eigenvalue weighted by Gasteiger charge is 2.19. The predicted octanol–water partition coefficient (Wildman–Crippen LogP) is 0.957. The molecule has 5 nitrogen and oxygen atoms in total. The Morgan fingerprint density at radius 2 is 2.41 bits per heavy atom. The molecule has 1 atom stereocenters. The molecule has 0 spiro atoms. The van der Waals surface area contributed by atoms with Crippen LogP contribution in [0.15, 0.2) is 22.1 Å². The molecule has 1 aliphatic rings. The Kier molecular flexibility index (Phi) is 5.03. The molecule has 0 saturated carbocycles. The summed E-state index contributed by atoms with van der Waals surface area (Å²) in [5.41, 5.74) is -0.579. The van der Waals surface area contributed by atoms with Crippen molar-refractivity contribution < 1.29 is 9.53 Å². The van der Waals surface area contributed by atoms with E-state index in [4.69, 9.17) is 4.74 Å². The first-order chi connectivity index (χ1) is 8.09. The van der Waals surface area contributed by atoms with Gasteiger partial charge in [-0.15, -0.1) is 0 Å². The molecular weight excluding hydrogens is 218 g/mol. The van der Waals surface area contributed by atoms with Gasteiger partial charge < -0.3 is 4.74 Å². The van der Waals surface area contributed by atoms with Crippen molar-refractivity contribution in [3.05, 3.63) is 12.2 Å². The Bertz CT molecular complexity index is 361. The van der Waals surface area contributed by atoms with Gasteiger partial charge >= 0.3 is 0 Å². The molecule has 0 aromatic carbocycles. The number of ketones is 1. The summed E-state index contributed by atoms with van der Waals surface area (Å²) in [6.45, 7) is 4.54. The quantitative estimate of drug-likeness (QED) is 0.792. The lowest BCUT2D eigenvalue weighted by Crippen LogP contribution is -2.42. The average Bonchev–Trinajstić information content (AvgIpc) is 2.32. The van der Waals surface area contributed by atoms with Crippen LogP contribution >= 0.6 is 0 Å². The second kappa shape index (κ2) is 6.30. The minimum atomic E-state index is -0.579. The van der Waals surface area contributed by atoms with Crippen molar-refractivity contribution in [2.24, 2.45) is 9.98 Å². The molecule has 0 amide bonds. The van der Waals surface area contributed by atoms with E-state index in [0.29, 0.717) is 25.4 Å². The fourth-order valence-corrected chi connectivity index (χ4v) is 1.33. The summed E-state index contributed by atoms with van der Waals surface area (Å²) in [4.78, 5) is 19.8. The van der Waals surface area contributed by atoms with Gasteiger partial charge in [0.05, 0.1) is 20.2 Å². The first-order valence-corrected chi connectivity index (χ1v) is 5.67. The third-order valence-corrected chi connectivity index (χ3v) is 2.49. The predicted molar refractivity (Wildman–Crippen MR) is 68.6 cm³/mol. The van der Waals surface area contributed by atoms with Crippen molar-refractivity contribution in [1.29, 1.82) is 0 Å². The molecule has 1 unspecified atom stereocenters. The second-order valence-corrected chi connectivity index (χ2v) is 3.92. The zero-order valence-corrected chi connectivity index (χ0v) is 10.6. The summed E-state index contributed by atoms with van der Waals surface area (Å²) in [6.07, 6.45) is 5.85. The Morgan fingerprint density at radius 1 is 1.65 bits per heavy atom. The number of hydrogen-bond donors (Lipinski definition) is 1. The molecule has 5 heteroatoms. The minimum absolute atomic E-state index is 0.164. The normalized spacial score (nSPS) is 30.6. The van der Waals surface area contributed by atoms with Gasteiger partial charge in [0.1, 0.15) is 11.4 Å². The molecule has 0 aromatic heterocycles. The van der Waals surface area contributed by atoms with E-state index in [0.717, 1.165) is 0 Å². The maximum atomic E-state index is 11.3. The molecule has 1 rings (SSSR count). The van der Waals surface area contributed by atoms with Crippen LogP contribution in [0.3, 0.4) is 0 Å². The number of hydrogen-bond acceptors (Lipinski definition) is 5. The number of Topliss-reactive ketones (excluding diaryl/α,β-unsaturated/α-hetero) is 1. The number of aliphatic imine (C=N–C) groups is 2. The van der Waals surface area contributed by atoms with E-state index < -0.39 is 5.66 Å². The van der Waals surface area contributed by atoms with Crippen LogP contribution in [-0.4, -0.2) is 43.8 Å². The van der Waals surface area contributed by atoms with Gasteiger partial charge in [0, 0.05) is 12.6 Å². The fraction of sp³-hybridized carbons (Fsp3) is 0.583. The van der Waals surface area contributed by atoms with Gasteiger partial charge in [-0.3, -0.25) is 15.1 Å². The van der Waals surface area contributed by atoms with Crippen LogP contribution in [0, 0.1) is 0 Å². The largest absolute Gasteiger partial charge is 0.481 e. The summed E-state index contributed by atoms with van der Waals surface area (Å²) >= 11 is 0. The molecule has 94 valence electrons. The number of nitrogens with one attached hydrogen (secondary N) is 1. The average molecular weight is 237 g/mol. The summed E-state index contributed by atoms with van der Waals surface area (Å²) < 4.78 is 5.07. The Labute approximate surface area is 102 Å². The maximum Gasteiger partial charge on any atom is 0.208 e. The highest BCUT2D eigenvalue weighted by Crippen LogP contribution is 2.09. The van der Waals surface area contributed by atoms with Crippen LogP contribution in [0.2, 0.25) is 0 Å². The van der Waals surface area contributed by atoms with E-state index in [-0.39, 0.29) is 5.78 Å². The van der Waals surface area contributed by atoms with Gasteiger partial charge in [0.15, 0.2) is 0 Å². The van der Waals surface area contributed by atoms with E-state index in [1.807, 2.05) is 19.9 Å². The van der Waals surface area contributed by atoms with Crippen molar-refractivity contribution in [1.82, 2.24) is 5.32 Å². The third kappa shape index (κ3) is 4.48. The molecule has 1 heterocycles. The van der Waals surface area contributed by atoms with E-state index >= 15 is 0 Å². The van der Waals surface area contributed by atoms with Crippen molar-refractivity contribution in [3.8, 4) is 0 Å². The summed E-state index contributed by atoms with van der Waals surface area (Å²) in [5, 5.41) is 3.12. The Morgan fingerprint density at radius 3 is 3.06 bits per heavy atom. The number of nitrogens with zero attached hydrogens (tertiary/aromatic N) is 2. The van der Waals surface area contributed by atoms with Crippen molar-refractivity contribution in [2.45, 2.75) is 25.9 Å². The number of methoxy groups -OCH3 is 1. The van der Waals surface area contributed by atoms with Gasteiger partial charge in [-0.2, -0.15) is 0 Å². The zero-order chi connectivity index (χ0) is 12.7. The highest BCUT2D eigenvalue weighted by atomic mass is 16.5. The molecule has 0 aromatic rings. The minimum Gasteiger partial charge on any atom is -0.481 e. The lowest BCUT2D eigenvalue weighted by molar-refractivity contribution is -0.118. The summed E-state index contributed by atoms with van der Waals surface area (Å²) in [6, 6.07) is 0. The summed E-state index contributed by atoms with van der Waals surface area (Å²) in [7, 11) is 1.58.